The van der Waals surface area contributed by atoms with Gasteiger partial charge in [-0.1, -0.05) is 24.3 Å². The van der Waals surface area contributed by atoms with Crippen LogP contribution in [0.2, 0.25) is 0 Å². The van der Waals surface area contributed by atoms with Gasteiger partial charge >= 0.3 is 0 Å². The van der Waals surface area contributed by atoms with Crippen LogP contribution in [0.1, 0.15) is 10.4 Å². The van der Waals surface area contributed by atoms with Crippen LogP contribution < -0.4 is 11.3 Å². The molecule has 0 fully saturated rings. The second kappa shape index (κ2) is 4.06. The van der Waals surface area contributed by atoms with Crippen LogP contribution in [0.4, 0.5) is 4.39 Å². The van der Waals surface area contributed by atoms with Gasteiger partial charge in [0, 0.05) is 10.9 Å². The molecule has 0 saturated heterocycles. The fourth-order valence-electron chi connectivity index (χ4n) is 1.44. The maximum Gasteiger partial charge on any atom is 0.131 e. The van der Waals surface area contributed by atoms with Crippen molar-refractivity contribution in [3.63, 3.8) is 0 Å². The maximum atomic E-state index is 13.2. The van der Waals surface area contributed by atoms with E-state index in [0.717, 1.165) is 6.07 Å². The number of carbonyl (C=O) groups excluding carboxylic acids is 1. The molecule has 78 valence electrons. The topological polar surface area (TPSA) is 76.6 Å². The number of halogens is 1. The Morgan fingerprint density at radius 2 is 1.67 bits per heavy atom. The predicted octanol–water partition coefficient (Wildman–Crippen LogP) is 1.72. The Morgan fingerprint density at radius 3 is 2.27 bits per heavy atom. The maximum absolute atomic E-state index is 13.2. The summed E-state index contributed by atoms with van der Waals surface area (Å²) >= 11 is 0. The number of hydrogen-bond acceptors (Lipinski definition) is 2. The number of benzene rings is 2. The van der Waals surface area contributed by atoms with E-state index in [4.69, 9.17) is 0 Å². The lowest BCUT2D eigenvalue weighted by molar-refractivity contribution is -0.254. The highest BCUT2D eigenvalue weighted by atomic mass is 19.1. The Morgan fingerprint density at radius 1 is 1.07 bits per heavy atom. The molecule has 2 aromatic rings. The molecule has 0 aromatic heterocycles. The summed E-state index contributed by atoms with van der Waals surface area (Å²) in [6, 6.07) is 8.76. The van der Waals surface area contributed by atoms with Gasteiger partial charge in [0.25, 0.3) is 0 Å². The number of carbonyl (C=O) groups is 1. The van der Waals surface area contributed by atoms with E-state index in [2.05, 4.69) is 0 Å². The van der Waals surface area contributed by atoms with E-state index in [0.29, 0.717) is 10.8 Å². The highest BCUT2D eigenvalue weighted by Crippen LogP contribution is 2.20. The van der Waals surface area contributed by atoms with Gasteiger partial charge in [0.1, 0.15) is 5.82 Å². The number of carboxylic acid groups (broad SMARTS) is 1. The molecule has 2 aromatic carbocycles. The van der Waals surface area contributed by atoms with Gasteiger partial charge in [-0.2, -0.15) is 0 Å². The molecule has 0 bridgehead atoms. The molecule has 0 atom stereocenters. The van der Waals surface area contributed by atoms with Gasteiger partial charge in [-0.3, -0.25) is 0 Å². The largest absolute Gasteiger partial charge is 0.545 e. The molecular weight excluding hydrogens is 197 g/mol. The van der Waals surface area contributed by atoms with Crippen LogP contribution in [-0.2, 0) is 0 Å². The van der Waals surface area contributed by atoms with Crippen molar-refractivity contribution < 1.29 is 14.3 Å². The van der Waals surface area contributed by atoms with E-state index in [1.807, 2.05) is 0 Å². The zero-order chi connectivity index (χ0) is 10.1. The number of rotatable bonds is 1. The van der Waals surface area contributed by atoms with Gasteiger partial charge < -0.3 is 16.1 Å². The summed E-state index contributed by atoms with van der Waals surface area (Å²) < 4.78 is 13.2. The lowest BCUT2D eigenvalue weighted by atomic mass is 10.0. The van der Waals surface area contributed by atoms with Crippen molar-refractivity contribution in [2.45, 2.75) is 0 Å². The van der Waals surface area contributed by atoms with Crippen LogP contribution in [0, 0.1) is 5.82 Å². The van der Waals surface area contributed by atoms with Crippen molar-refractivity contribution in [2.24, 2.45) is 0 Å². The average molecular weight is 207 g/mol. The Labute approximate surface area is 85.7 Å². The summed E-state index contributed by atoms with van der Waals surface area (Å²) in [5.41, 5.74) is 0.0157. The summed E-state index contributed by atoms with van der Waals surface area (Å²) in [4.78, 5) is 10.7. The molecule has 0 spiro atoms. The minimum atomic E-state index is -1.29. The summed E-state index contributed by atoms with van der Waals surface area (Å²) in [5.74, 6) is -1.72. The van der Waals surface area contributed by atoms with Crippen LogP contribution >= 0.6 is 0 Å². The molecule has 0 aliphatic rings. The summed E-state index contributed by atoms with van der Waals surface area (Å²) in [6.45, 7) is 0. The van der Waals surface area contributed by atoms with Gasteiger partial charge in [-0.25, -0.2) is 4.39 Å². The summed E-state index contributed by atoms with van der Waals surface area (Å²) in [6.07, 6.45) is 0. The third-order valence-electron chi connectivity index (χ3n) is 2.09. The number of carboxylic acids is 1. The number of fused-ring (bicyclic) bond motifs is 1. The molecule has 0 amide bonds. The molecule has 4 heteroatoms. The molecule has 4 N–H and O–H groups in total. The van der Waals surface area contributed by atoms with Crippen molar-refractivity contribution in [3.05, 3.63) is 47.8 Å². The van der Waals surface area contributed by atoms with Gasteiger partial charge in [0.05, 0.1) is 5.97 Å². The molecule has 0 aliphatic heterocycles. The first-order chi connectivity index (χ1) is 6.70. The van der Waals surface area contributed by atoms with E-state index in [9.17, 15) is 14.3 Å². The highest BCUT2D eigenvalue weighted by Gasteiger charge is 2.04. The van der Waals surface area contributed by atoms with Crippen LogP contribution in [-0.4, -0.2) is 5.97 Å². The van der Waals surface area contributed by atoms with E-state index in [1.165, 1.54) is 12.1 Å². The quantitative estimate of drug-likeness (QED) is 0.772. The van der Waals surface area contributed by atoms with Gasteiger partial charge in [0.15, 0.2) is 0 Å². The third kappa shape index (κ3) is 1.80. The van der Waals surface area contributed by atoms with Crippen molar-refractivity contribution >= 4 is 16.7 Å². The zero-order valence-corrected chi connectivity index (χ0v) is 8.16. The first-order valence-electron chi connectivity index (χ1n) is 4.09. The lowest BCUT2D eigenvalue weighted by Gasteiger charge is -2.07. The third-order valence-corrected chi connectivity index (χ3v) is 2.09. The normalized spacial score (nSPS) is 9.67. The standard InChI is InChI=1S/C11H7FO2.H3N/c12-10-6-5-9(11(13)14)7-3-1-2-4-8(7)10;/h1-6H,(H,13,14);1H3. The fraction of sp³-hybridized carbons (Fsp3) is 0. The fourth-order valence-corrected chi connectivity index (χ4v) is 1.44. The summed E-state index contributed by atoms with van der Waals surface area (Å²) in [5, 5.41) is 11.4. The molecular formula is C11H10FNO2. The first-order valence-corrected chi connectivity index (χ1v) is 4.09. The summed E-state index contributed by atoms with van der Waals surface area (Å²) in [7, 11) is 0. The minimum absolute atomic E-state index is 0. The Balaban J connectivity index is 0.00000112. The molecule has 15 heavy (non-hydrogen) atoms. The van der Waals surface area contributed by atoms with E-state index < -0.39 is 11.8 Å². The molecule has 0 saturated carbocycles. The number of quaternary nitrogens is 1. The number of hydrogen-bond donors (Lipinski definition) is 1. The van der Waals surface area contributed by atoms with Crippen molar-refractivity contribution in [1.29, 1.82) is 0 Å². The van der Waals surface area contributed by atoms with Crippen LogP contribution in [0.25, 0.3) is 10.8 Å². The van der Waals surface area contributed by atoms with Gasteiger partial charge in [-0.05, 0) is 17.5 Å². The van der Waals surface area contributed by atoms with Crippen molar-refractivity contribution in [3.8, 4) is 0 Å². The van der Waals surface area contributed by atoms with Gasteiger partial charge in [0.2, 0.25) is 0 Å². The molecule has 2 rings (SSSR count). The average Bonchev–Trinajstić information content (AvgIpc) is 2.18. The van der Waals surface area contributed by atoms with Crippen LogP contribution in [0.15, 0.2) is 36.4 Å². The second-order valence-corrected chi connectivity index (χ2v) is 2.93. The van der Waals surface area contributed by atoms with Crippen molar-refractivity contribution in [1.82, 2.24) is 6.15 Å². The predicted molar refractivity (Wildman–Crippen MR) is 54.2 cm³/mol. The first kappa shape index (κ1) is 11.1. The van der Waals surface area contributed by atoms with Crippen LogP contribution in [0.3, 0.4) is 0 Å². The molecule has 0 aliphatic carbocycles. The number of aromatic carboxylic acids is 1. The Hall–Kier alpha value is -1.94. The SMILES string of the molecule is O=C([O-])c1ccc(F)c2ccccc12.[NH4+]. The van der Waals surface area contributed by atoms with Gasteiger partial charge in [-0.15, -0.1) is 0 Å². The van der Waals surface area contributed by atoms with Crippen molar-refractivity contribution in [2.75, 3.05) is 0 Å². The highest BCUT2D eigenvalue weighted by molar-refractivity contribution is 6.02. The second-order valence-electron chi connectivity index (χ2n) is 2.93. The van der Waals surface area contributed by atoms with E-state index >= 15 is 0 Å². The minimum Gasteiger partial charge on any atom is -0.545 e. The van der Waals surface area contributed by atoms with E-state index in [-0.39, 0.29) is 11.7 Å². The Bertz CT molecular complexity index is 511. The molecule has 0 unspecified atom stereocenters. The zero-order valence-electron chi connectivity index (χ0n) is 8.16. The van der Waals surface area contributed by atoms with Crippen LogP contribution in [0.5, 0.6) is 0 Å². The molecule has 0 heterocycles. The monoisotopic (exact) mass is 207 g/mol. The lowest BCUT2D eigenvalue weighted by Crippen LogP contribution is -2.22. The molecule has 3 nitrogen and oxygen atoms in total. The Kier molecular flexibility index (Phi) is 3.01. The van der Waals surface area contributed by atoms with E-state index in [1.54, 1.807) is 18.2 Å². The smallest absolute Gasteiger partial charge is 0.131 e. The molecule has 0 radical (unpaired) electrons.